The predicted molar refractivity (Wildman–Crippen MR) is 125 cm³/mol. The second-order valence-electron chi connectivity index (χ2n) is 9.02. The van der Waals surface area contributed by atoms with Gasteiger partial charge in [-0.05, 0) is 43.0 Å². The number of benzene rings is 1. The summed E-state index contributed by atoms with van der Waals surface area (Å²) in [6, 6.07) is 9.44. The maximum atomic E-state index is 13.9. The number of hydrogen-bond donors (Lipinski definition) is 0. The summed E-state index contributed by atoms with van der Waals surface area (Å²) < 4.78 is 44.1. The van der Waals surface area contributed by atoms with Gasteiger partial charge < -0.3 is 4.57 Å². The lowest BCUT2D eigenvalue weighted by Crippen LogP contribution is -2.24. The summed E-state index contributed by atoms with van der Waals surface area (Å²) in [6.45, 7) is 0.589. The van der Waals surface area contributed by atoms with Gasteiger partial charge in [-0.15, -0.1) is 0 Å². The molecule has 1 aliphatic rings. The van der Waals surface area contributed by atoms with Crippen LogP contribution in [-0.4, -0.2) is 29.1 Å². The Bertz CT molecular complexity index is 1750. The van der Waals surface area contributed by atoms with E-state index < -0.39 is 17.4 Å². The topological polar surface area (TPSA) is 94.3 Å². The minimum absolute atomic E-state index is 0.148. The molecule has 4 aromatic heterocycles. The van der Waals surface area contributed by atoms with E-state index in [1.807, 2.05) is 4.57 Å². The predicted octanol–water partition coefficient (Wildman–Crippen LogP) is 4.44. The zero-order chi connectivity index (χ0) is 25.2. The zero-order valence-electron chi connectivity index (χ0n) is 19.0. The number of hydrogen-bond acceptors (Lipinski definition) is 5. The molecule has 0 atom stereocenters. The minimum atomic E-state index is -4.61. The van der Waals surface area contributed by atoms with Crippen LogP contribution in [0.5, 0.6) is 0 Å². The van der Waals surface area contributed by atoms with Gasteiger partial charge in [-0.1, -0.05) is 6.07 Å². The summed E-state index contributed by atoms with van der Waals surface area (Å²) in [5, 5.41) is 19.5. The van der Waals surface area contributed by atoms with E-state index in [1.54, 1.807) is 42.3 Å². The summed E-state index contributed by atoms with van der Waals surface area (Å²) in [4.78, 5) is 17.5. The molecule has 11 heteroatoms. The van der Waals surface area contributed by atoms with Crippen LogP contribution in [0.15, 0.2) is 53.7 Å². The molecule has 0 spiro atoms. The van der Waals surface area contributed by atoms with Crippen LogP contribution in [0.4, 0.5) is 13.2 Å². The summed E-state index contributed by atoms with van der Waals surface area (Å²) in [7, 11) is 1.79. The van der Waals surface area contributed by atoms with E-state index in [0.29, 0.717) is 29.2 Å². The lowest BCUT2D eigenvalue weighted by atomic mass is 10.1. The van der Waals surface area contributed by atoms with Gasteiger partial charge in [0.25, 0.3) is 5.56 Å². The van der Waals surface area contributed by atoms with Crippen LogP contribution in [0.3, 0.4) is 0 Å². The highest BCUT2D eigenvalue weighted by atomic mass is 19.4. The van der Waals surface area contributed by atoms with Gasteiger partial charge in [0.15, 0.2) is 0 Å². The number of nitriles is 1. The molecule has 0 bridgehead atoms. The van der Waals surface area contributed by atoms with Crippen molar-refractivity contribution in [3.63, 3.8) is 0 Å². The third kappa shape index (κ3) is 3.62. The molecule has 0 aliphatic heterocycles. The number of nitrogens with zero attached hydrogens (tertiary/aromatic N) is 7. The van der Waals surface area contributed by atoms with Crippen LogP contribution >= 0.6 is 0 Å². The number of fused-ring (bicyclic) bond motifs is 2. The molecule has 6 rings (SSSR count). The molecule has 0 unspecified atom stereocenters. The molecule has 0 amide bonds. The third-order valence-corrected chi connectivity index (χ3v) is 6.36. The monoisotopic (exact) mass is 489 g/mol. The maximum absolute atomic E-state index is 13.9. The van der Waals surface area contributed by atoms with Crippen molar-refractivity contribution in [1.82, 2.24) is 29.1 Å². The molecule has 8 nitrogen and oxygen atoms in total. The van der Waals surface area contributed by atoms with Gasteiger partial charge in [-0.2, -0.15) is 33.3 Å². The maximum Gasteiger partial charge on any atom is 0.433 e. The molecule has 1 saturated carbocycles. The highest BCUT2D eigenvalue weighted by Crippen LogP contribution is 2.35. The fourth-order valence-electron chi connectivity index (χ4n) is 4.48. The van der Waals surface area contributed by atoms with Crippen molar-refractivity contribution in [2.24, 2.45) is 13.0 Å². The van der Waals surface area contributed by atoms with Crippen molar-refractivity contribution in [3.8, 4) is 22.9 Å². The minimum Gasteiger partial charge on any atom is -0.344 e. The number of aryl methyl sites for hydroxylation is 1. The van der Waals surface area contributed by atoms with Gasteiger partial charge in [-0.3, -0.25) is 14.5 Å². The Kier molecular flexibility index (Phi) is 4.76. The quantitative estimate of drug-likeness (QED) is 0.372. The Morgan fingerprint density at radius 2 is 1.94 bits per heavy atom. The van der Waals surface area contributed by atoms with Crippen molar-refractivity contribution in [1.29, 1.82) is 5.26 Å². The third-order valence-electron chi connectivity index (χ3n) is 6.36. The number of aromatic nitrogens is 6. The van der Waals surface area contributed by atoms with Gasteiger partial charge >= 0.3 is 6.18 Å². The molecule has 5 aromatic rings. The first-order valence-corrected chi connectivity index (χ1v) is 11.3. The lowest BCUT2D eigenvalue weighted by molar-refractivity contribution is -0.141. The Morgan fingerprint density at radius 1 is 1.14 bits per heavy atom. The van der Waals surface area contributed by atoms with Crippen molar-refractivity contribution in [2.75, 3.05) is 0 Å². The fourth-order valence-corrected chi connectivity index (χ4v) is 4.48. The average molecular weight is 489 g/mol. The van der Waals surface area contributed by atoms with Crippen molar-refractivity contribution >= 4 is 21.9 Å². The molecule has 1 aromatic carbocycles. The molecule has 0 N–H and O–H groups in total. The lowest BCUT2D eigenvalue weighted by Gasteiger charge is -2.13. The second kappa shape index (κ2) is 7.78. The number of rotatable bonds is 4. The number of pyridine rings is 1. The molecule has 1 fully saturated rings. The average Bonchev–Trinajstić information content (AvgIpc) is 3.48. The number of halogens is 3. The van der Waals surface area contributed by atoms with Gasteiger partial charge in [0.2, 0.25) is 0 Å². The summed E-state index contributed by atoms with van der Waals surface area (Å²) in [5.74, 6) is 0.418. The Hall–Kier alpha value is -4.46. The van der Waals surface area contributed by atoms with Crippen molar-refractivity contribution in [3.05, 3.63) is 70.5 Å². The second-order valence-corrected chi connectivity index (χ2v) is 9.02. The first-order valence-electron chi connectivity index (χ1n) is 11.3. The van der Waals surface area contributed by atoms with Crippen molar-refractivity contribution < 1.29 is 13.2 Å². The Balaban J connectivity index is 1.64. The highest BCUT2D eigenvalue weighted by Gasteiger charge is 2.33. The van der Waals surface area contributed by atoms with Gasteiger partial charge in [0.05, 0.1) is 27.8 Å². The SMILES string of the molecule is Cn1cc2cc(-n3nc4c(C#N)cn(CC5CC5)c4c(-c4ccc(C(F)(F)F)nc4)c3=O)ccc2n1. The van der Waals surface area contributed by atoms with E-state index in [2.05, 4.69) is 21.3 Å². The Morgan fingerprint density at radius 3 is 2.61 bits per heavy atom. The molecule has 180 valence electrons. The molecule has 0 saturated heterocycles. The smallest absolute Gasteiger partial charge is 0.344 e. The molecule has 1 aliphatic carbocycles. The largest absolute Gasteiger partial charge is 0.433 e. The van der Waals surface area contributed by atoms with E-state index in [0.717, 1.165) is 36.0 Å². The zero-order valence-corrected chi connectivity index (χ0v) is 19.0. The molecule has 4 heterocycles. The summed E-state index contributed by atoms with van der Waals surface area (Å²) in [6.07, 6.45) is 1.98. The first kappa shape index (κ1) is 22.0. The van der Waals surface area contributed by atoms with Crippen LogP contribution < -0.4 is 5.56 Å². The standard InChI is InChI=1S/C25H18F3N7O/c1-33-12-16-8-18(5-6-19(16)31-33)35-24(36)21(15-4-7-20(30-10-15)25(26,27)28)23-22(32-35)17(9-29)13-34(23)11-14-2-3-14/h4-8,10,12-14H,2-3,11H2,1H3. The Labute approximate surface area is 201 Å². The number of alkyl halides is 3. The molecule has 0 radical (unpaired) electrons. The molecular formula is C25H18F3N7O. The van der Waals surface area contributed by atoms with Gasteiger partial charge in [0, 0.05) is 43.1 Å². The van der Waals surface area contributed by atoms with E-state index in [1.165, 1.54) is 10.7 Å². The van der Waals surface area contributed by atoms with E-state index in [4.69, 9.17) is 0 Å². The van der Waals surface area contributed by atoms with Crippen LogP contribution in [0.1, 0.15) is 24.1 Å². The van der Waals surface area contributed by atoms with Gasteiger partial charge in [0.1, 0.15) is 17.3 Å². The highest BCUT2D eigenvalue weighted by molar-refractivity contribution is 5.95. The normalized spacial score (nSPS) is 14.0. The van der Waals surface area contributed by atoms with E-state index in [-0.39, 0.29) is 16.7 Å². The fraction of sp³-hybridized carbons (Fsp3) is 0.240. The first-order chi connectivity index (χ1) is 17.2. The van der Waals surface area contributed by atoms with Crippen molar-refractivity contribution in [2.45, 2.75) is 25.6 Å². The van der Waals surface area contributed by atoms with Crippen LogP contribution in [0, 0.1) is 17.2 Å². The summed E-state index contributed by atoms with van der Waals surface area (Å²) >= 11 is 0. The van der Waals surface area contributed by atoms with Crippen LogP contribution in [0.2, 0.25) is 0 Å². The van der Waals surface area contributed by atoms with Crippen LogP contribution in [0.25, 0.3) is 38.8 Å². The molecule has 36 heavy (non-hydrogen) atoms. The van der Waals surface area contributed by atoms with Gasteiger partial charge in [-0.25, -0.2) is 0 Å². The molecular weight excluding hydrogens is 471 g/mol. The van der Waals surface area contributed by atoms with E-state index in [9.17, 15) is 23.2 Å². The van der Waals surface area contributed by atoms with E-state index >= 15 is 0 Å². The summed E-state index contributed by atoms with van der Waals surface area (Å²) in [5.41, 5.74) is 0.978. The van der Waals surface area contributed by atoms with Crippen LogP contribution in [-0.2, 0) is 19.8 Å².